The van der Waals surface area contributed by atoms with Gasteiger partial charge in [-0.2, -0.15) is 0 Å². The highest BCUT2D eigenvalue weighted by Crippen LogP contribution is 2.27. The first kappa shape index (κ1) is 16.1. The Morgan fingerprint density at radius 1 is 1.04 bits per heavy atom. The van der Waals surface area contributed by atoms with E-state index in [1.54, 1.807) is 0 Å². The molecule has 25 heavy (non-hydrogen) atoms. The van der Waals surface area contributed by atoms with Crippen LogP contribution in [-0.2, 0) is 17.6 Å². The lowest BCUT2D eigenvalue weighted by Gasteiger charge is -2.31. The first-order chi connectivity index (χ1) is 12.2. The Hall–Kier alpha value is -2.43. The molecular formula is C20H23N3O2. The average molecular weight is 337 g/mol. The van der Waals surface area contributed by atoms with Crippen molar-refractivity contribution in [2.24, 2.45) is 5.92 Å². The van der Waals surface area contributed by atoms with Gasteiger partial charge in [0.1, 0.15) is 0 Å². The largest absolute Gasteiger partial charge is 0.481 e. The number of nitrogens with zero attached hydrogens (tertiary/aromatic N) is 3. The molecule has 0 saturated carbocycles. The van der Waals surface area contributed by atoms with Crippen LogP contribution in [0.5, 0.6) is 0 Å². The van der Waals surface area contributed by atoms with E-state index in [0.717, 1.165) is 42.9 Å². The summed E-state index contributed by atoms with van der Waals surface area (Å²) < 4.78 is 0. The fourth-order valence-electron chi connectivity index (χ4n) is 3.93. The summed E-state index contributed by atoms with van der Waals surface area (Å²) in [6.07, 6.45) is 6.51. The predicted octanol–water partition coefficient (Wildman–Crippen LogP) is 3.32. The van der Waals surface area contributed by atoms with Crippen LogP contribution < -0.4 is 4.90 Å². The number of hydrogen-bond acceptors (Lipinski definition) is 4. The summed E-state index contributed by atoms with van der Waals surface area (Å²) in [4.78, 5) is 13.3. The van der Waals surface area contributed by atoms with Crippen LogP contribution >= 0.6 is 0 Å². The third kappa shape index (κ3) is 3.36. The van der Waals surface area contributed by atoms with E-state index in [0.29, 0.717) is 6.54 Å². The van der Waals surface area contributed by atoms with E-state index in [1.165, 1.54) is 30.4 Å². The summed E-state index contributed by atoms with van der Waals surface area (Å²) >= 11 is 0. The van der Waals surface area contributed by atoms with Crippen molar-refractivity contribution in [2.45, 2.75) is 38.5 Å². The Bertz CT molecular complexity index is 773. The van der Waals surface area contributed by atoms with Gasteiger partial charge in [-0.15, -0.1) is 10.2 Å². The Morgan fingerprint density at radius 2 is 1.88 bits per heavy atom. The Labute approximate surface area is 147 Å². The molecule has 1 atom stereocenters. The van der Waals surface area contributed by atoms with Gasteiger partial charge in [-0.05, 0) is 67.9 Å². The van der Waals surface area contributed by atoms with Gasteiger partial charge in [0, 0.05) is 18.7 Å². The minimum Gasteiger partial charge on any atom is -0.481 e. The molecule has 1 aromatic carbocycles. The fourth-order valence-corrected chi connectivity index (χ4v) is 3.93. The van der Waals surface area contributed by atoms with E-state index in [-0.39, 0.29) is 5.92 Å². The summed E-state index contributed by atoms with van der Waals surface area (Å²) in [5, 5.41) is 18.0. The lowest BCUT2D eigenvalue weighted by molar-refractivity contribution is -0.141. The zero-order chi connectivity index (χ0) is 17.2. The predicted molar refractivity (Wildman–Crippen MR) is 96.7 cm³/mol. The molecule has 4 rings (SSSR count). The Morgan fingerprint density at radius 3 is 2.64 bits per heavy atom. The van der Waals surface area contributed by atoms with Gasteiger partial charge in [-0.25, -0.2) is 0 Å². The zero-order valence-electron chi connectivity index (χ0n) is 14.3. The summed E-state index contributed by atoms with van der Waals surface area (Å²) in [5.41, 5.74) is 4.90. The average Bonchev–Trinajstić information content (AvgIpc) is 2.68. The third-order valence-electron chi connectivity index (χ3n) is 5.39. The first-order valence-corrected chi connectivity index (χ1v) is 9.14. The van der Waals surface area contributed by atoms with Gasteiger partial charge in [-0.3, -0.25) is 4.79 Å². The molecule has 0 radical (unpaired) electrons. The lowest BCUT2D eigenvalue weighted by atomic mass is 9.90. The lowest BCUT2D eigenvalue weighted by Crippen LogP contribution is -2.39. The van der Waals surface area contributed by atoms with Gasteiger partial charge in [0.25, 0.3) is 0 Å². The van der Waals surface area contributed by atoms with Crippen LogP contribution in [-0.4, -0.2) is 34.4 Å². The molecule has 5 nitrogen and oxygen atoms in total. The van der Waals surface area contributed by atoms with Crippen molar-refractivity contribution in [1.29, 1.82) is 0 Å². The Balaban J connectivity index is 1.53. The molecule has 0 amide bonds. The van der Waals surface area contributed by atoms with Crippen LogP contribution in [0.1, 0.15) is 36.8 Å². The number of aliphatic carboxylic acids is 1. The van der Waals surface area contributed by atoms with Crippen LogP contribution in [0.2, 0.25) is 0 Å². The van der Waals surface area contributed by atoms with Crippen molar-refractivity contribution in [3.05, 3.63) is 41.5 Å². The molecule has 1 fully saturated rings. The van der Waals surface area contributed by atoms with Crippen molar-refractivity contribution in [1.82, 2.24) is 10.2 Å². The maximum Gasteiger partial charge on any atom is 0.308 e. The van der Waals surface area contributed by atoms with Crippen LogP contribution in [0.3, 0.4) is 0 Å². The van der Waals surface area contributed by atoms with Crippen molar-refractivity contribution in [3.63, 3.8) is 0 Å². The number of aromatic nitrogens is 2. The van der Waals surface area contributed by atoms with E-state index in [9.17, 15) is 9.90 Å². The second-order valence-corrected chi connectivity index (χ2v) is 7.09. The minimum atomic E-state index is -0.719. The number of carboxylic acid groups (broad SMARTS) is 1. The number of anilines is 1. The number of hydrogen-bond donors (Lipinski definition) is 1. The third-order valence-corrected chi connectivity index (χ3v) is 5.39. The highest BCUT2D eigenvalue weighted by Gasteiger charge is 2.26. The normalized spacial score (nSPS) is 20.2. The molecule has 1 unspecified atom stereocenters. The van der Waals surface area contributed by atoms with Gasteiger partial charge in [-0.1, -0.05) is 12.1 Å². The molecule has 2 aromatic rings. The molecule has 1 saturated heterocycles. The van der Waals surface area contributed by atoms with Crippen molar-refractivity contribution in [2.75, 3.05) is 18.0 Å². The summed E-state index contributed by atoms with van der Waals surface area (Å²) in [6.45, 7) is 1.36. The van der Waals surface area contributed by atoms with Crippen LogP contribution in [0.4, 0.5) is 5.82 Å². The highest BCUT2D eigenvalue weighted by molar-refractivity contribution is 5.71. The van der Waals surface area contributed by atoms with E-state index in [1.807, 2.05) is 17.0 Å². The number of piperidine rings is 1. The van der Waals surface area contributed by atoms with Crippen LogP contribution in [0.25, 0.3) is 11.3 Å². The van der Waals surface area contributed by atoms with E-state index >= 15 is 0 Å². The van der Waals surface area contributed by atoms with Gasteiger partial charge < -0.3 is 10.0 Å². The number of benzene rings is 1. The number of aryl methyl sites for hydroxylation is 2. The minimum absolute atomic E-state index is 0.309. The van der Waals surface area contributed by atoms with E-state index in [2.05, 4.69) is 28.4 Å². The Kier molecular flexibility index (Phi) is 4.38. The molecule has 1 aliphatic carbocycles. The number of rotatable bonds is 3. The van der Waals surface area contributed by atoms with Gasteiger partial charge in [0.2, 0.25) is 0 Å². The van der Waals surface area contributed by atoms with E-state index in [4.69, 9.17) is 0 Å². The van der Waals surface area contributed by atoms with Crippen LogP contribution in [0, 0.1) is 5.92 Å². The SMILES string of the molecule is O=C(O)C1CCCN(c2ccc(-c3ccc4c(c3)CCCC4)nn2)C1. The number of carboxylic acids is 1. The molecule has 2 heterocycles. The van der Waals surface area contributed by atoms with Gasteiger partial charge in [0.05, 0.1) is 11.6 Å². The first-order valence-electron chi connectivity index (χ1n) is 9.14. The zero-order valence-corrected chi connectivity index (χ0v) is 14.3. The monoisotopic (exact) mass is 337 g/mol. The topological polar surface area (TPSA) is 66.3 Å². The molecule has 0 bridgehead atoms. The van der Waals surface area contributed by atoms with Crippen molar-refractivity contribution >= 4 is 11.8 Å². The highest BCUT2D eigenvalue weighted by atomic mass is 16.4. The molecule has 130 valence electrons. The molecule has 1 aliphatic heterocycles. The molecule has 5 heteroatoms. The number of fused-ring (bicyclic) bond motifs is 1. The second-order valence-electron chi connectivity index (χ2n) is 7.09. The van der Waals surface area contributed by atoms with Crippen molar-refractivity contribution < 1.29 is 9.90 Å². The summed E-state index contributed by atoms with van der Waals surface area (Å²) in [5.74, 6) is -0.258. The summed E-state index contributed by atoms with van der Waals surface area (Å²) in [6, 6.07) is 10.6. The fraction of sp³-hybridized carbons (Fsp3) is 0.450. The van der Waals surface area contributed by atoms with E-state index < -0.39 is 5.97 Å². The maximum absolute atomic E-state index is 11.2. The molecule has 1 aromatic heterocycles. The number of carbonyl (C=O) groups is 1. The molecule has 1 N–H and O–H groups in total. The standard InChI is InChI=1S/C20H23N3O2/c24-20(25)17-6-3-11-23(13-17)19-10-9-18(21-22-19)16-8-7-14-4-1-2-5-15(14)12-16/h7-10,12,17H,1-6,11,13H2,(H,24,25). The quantitative estimate of drug-likeness (QED) is 0.930. The summed E-state index contributed by atoms with van der Waals surface area (Å²) in [7, 11) is 0. The second kappa shape index (κ2) is 6.82. The van der Waals surface area contributed by atoms with Gasteiger partial charge in [0.15, 0.2) is 5.82 Å². The molecule has 2 aliphatic rings. The molecule has 0 spiro atoms. The van der Waals surface area contributed by atoms with Gasteiger partial charge >= 0.3 is 5.97 Å². The van der Waals surface area contributed by atoms with Crippen LogP contribution in [0.15, 0.2) is 30.3 Å². The maximum atomic E-state index is 11.2. The smallest absolute Gasteiger partial charge is 0.308 e. The van der Waals surface area contributed by atoms with Crippen molar-refractivity contribution in [3.8, 4) is 11.3 Å². The molecular weight excluding hydrogens is 314 g/mol.